The lowest BCUT2D eigenvalue weighted by atomic mass is 9.95. The van der Waals surface area contributed by atoms with Crippen molar-refractivity contribution in [2.24, 2.45) is 0 Å². The predicted octanol–water partition coefficient (Wildman–Crippen LogP) is 5.69. The summed E-state index contributed by atoms with van der Waals surface area (Å²) in [4.78, 5) is 0. The molecule has 0 aromatic heterocycles. The maximum atomic E-state index is 5.85. The first-order valence-electron chi connectivity index (χ1n) is 9.01. The van der Waals surface area contributed by atoms with E-state index in [2.05, 4.69) is 0 Å². The zero-order valence-electron chi connectivity index (χ0n) is 16.4. The monoisotopic (exact) mass is 374 g/mol. The minimum atomic E-state index is 0.770. The first-order chi connectivity index (χ1) is 13.7. The Hall–Kier alpha value is -3.40. The van der Waals surface area contributed by atoms with Crippen LogP contribution in [-0.4, -0.2) is 28.4 Å². The van der Waals surface area contributed by atoms with Gasteiger partial charge in [0.15, 0.2) is 0 Å². The van der Waals surface area contributed by atoms with E-state index in [1.165, 1.54) is 0 Å². The predicted molar refractivity (Wildman–Crippen MR) is 113 cm³/mol. The maximum absolute atomic E-state index is 5.85. The van der Waals surface area contributed by atoms with Gasteiger partial charge in [-0.05, 0) is 24.3 Å². The first-order valence-corrected chi connectivity index (χ1v) is 9.01. The molecule has 0 unspecified atom stereocenters. The van der Waals surface area contributed by atoms with Crippen LogP contribution >= 0.6 is 0 Å². The number of hydrogen-bond donors (Lipinski definition) is 0. The van der Waals surface area contributed by atoms with Gasteiger partial charge in [-0.3, -0.25) is 0 Å². The minimum absolute atomic E-state index is 0.770. The zero-order chi connectivity index (χ0) is 19.7. The van der Waals surface area contributed by atoms with Gasteiger partial charge in [0.1, 0.15) is 23.0 Å². The van der Waals surface area contributed by atoms with Crippen molar-refractivity contribution in [3.63, 3.8) is 0 Å². The molecular formula is C24H22O4. The number of methoxy groups -OCH3 is 4. The molecule has 4 aromatic carbocycles. The van der Waals surface area contributed by atoms with Gasteiger partial charge < -0.3 is 18.9 Å². The third-order valence-corrected chi connectivity index (χ3v) is 5.07. The number of ether oxygens (including phenoxy) is 4. The third kappa shape index (κ3) is 2.69. The fourth-order valence-corrected chi connectivity index (χ4v) is 3.82. The van der Waals surface area contributed by atoms with Gasteiger partial charge in [-0.15, -0.1) is 0 Å². The fraction of sp³-hybridized carbons (Fsp3) is 0.167. The van der Waals surface area contributed by atoms with Crippen molar-refractivity contribution in [2.75, 3.05) is 28.4 Å². The quantitative estimate of drug-likeness (QED) is 0.449. The molecule has 0 N–H and O–H groups in total. The average Bonchev–Trinajstić information content (AvgIpc) is 2.76. The SMILES string of the molecule is COc1cccc2c(OC)c(-c3cc(OC)c4ccccc4c3OC)ccc12. The lowest BCUT2D eigenvalue weighted by molar-refractivity contribution is 0.409. The molecule has 0 saturated carbocycles. The number of fused-ring (bicyclic) bond motifs is 2. The number of benzene rings is 4. The van der Waals surface area contributed by atoms with Crippen LogP contribution < -0.4 is 18.9 Å². The Morgan fingerprint density at radius 3 is 1.68 bits per heavy atom. The molecule has 142 valence electrons. The molecule has 4 aromatic rings. The molecule has 0 heterocycles. The molecule has 0 aliphatic rings. The molecule has 0 bridgehead atoms. The van der Waals surface area contributed by atoms with Crippen LogP contribution in [0.3, 0.4) is 0 Å². The van der Waals surface area contributed by atoms with E-state index in [4.69, 9.17) is 18.9 Å². The second-order valence-electron chi connectivity index (χ2n) is 6.41. The van der Waals surface area contributed by atoms with Crippen molar-refractivity contribution in [3.8, 4) is 34.1 Å². The molecule has 0 aliphatic carbocycles. The summed E-state index contributed by atoms with van der Waals surface area (Å²) in [5.74, 6) is 3.16. The highest BCUT2D eigenvalue weighted by atomic mass is 16.5. The van der Waals surface area contributed by atoms with Crippen molar-refractivity contribution >= 4 is 21.5 Å². The Morgan fingerprint density at radius 1 is 0.464 bits per heavy atom. The van der Waals surface area contributed by atoms with E-state index in [1.807, 2.05) is 60.7 Å². The van der Waals surface area contributed by atoms with Crippen LogP contribution in [0.15, 0.2) is 60.7 Å². The first kappa shape index (κ1) is 18.0. The topological polar surface area (TPSA) is 36.9 Å². The van der Waals surface area contributed by atoms with Crippen LogP contribution in [0.25, 0.3) is 32.7 Å². The van der Waals surface area contributed by atoms with Gasteiger partial charge in [0, 0.05) is 32.7 Å². The summed E-state index contributed by atoms with van der Waals surface area (Å²) in [5.41, 5.74) is 1.85. The van der Waals surface area contributed by atoms with Crippen LogP contribution in [0.2, 0.25) is 0 Å². The molecule has 4 rings (SSSR count). The molecule has 4 nitrogen and oxygen atoms in total. The zero-order valence-corrected chi connectivity index (χ0v) is 16.4. The highest BCUT2D eigenvalue weighted by Gasteiger charge is 2.19. The van der Waals surface area contributed by atoms with E-state index in [0.29, 0.717) is 0 Å². The normalized spacial score (nSPS) is 10.9. The summed E-state index contributed by atoms with van der Waals surface area (Å²) < 4.78 is 22.9. The molecule has 0 radical (unpaired) electrons. The highest BCUT2D eigenvalue weighted by Crippen LogP contribution is 2.47. The van der Waals surface area contributed by atoms with Crippen LogP contribution in [0.5, 0.6) is 23.0 Å². The molecule has 0 atom stereocenters. The third-order valence-electron chi connectivity index (χ3n) is 5.07. The number of hydrogen-bond acceptors (Lipinski definition) is 4. The summed E-state index contributed by atoms with van der Waals surface area (Å²) >= 11 is 0. The Kier molecular flexibility index (Phi) is 4.70. The summed E-state index contributed by atoms with van der Waals surface area (Å²) in [6.45, 7) is 0. The summed E-state index contributed by atoms with van der Waals surface area (Å²) in [6, 6.07) is 20.1. The minimum Gasteiger partial charge on any atom is -0.496 e. The van der Waals surface area contributed by atoms with Gasteiger partial charge in [0.05, 0.1) is 28.4 Å². The van der Waals surface area contributed by atoms with E-state index in [-0.39, 0.29) is 0 Å². The molecule has 0 aliphatic heterocycles. The Balaban J connectivity index is 2.09. The standard InChI is InChI=1S/C24H22O4/c1-25-21-11-7-10-18-16(21)12-13-19(23(18)27-3)20-14-22(26-2)15-8-5-6-9-17(15)24(20)28-4/h5-14H,1-4H3. The fourth-order valence-electron chi connectivity index (χ4n) is 3.82. The van der Waals surface area contributed by atoms with Crippen molar-refractivity contribution in [1.82, 2.24) is 0 Å². The highest BCUT2D eigenvalue weighted by molar-refractivity contribution is 6.04. The summed E-state index contributed by atoms with van der Waals surface area (Å²) in [5, 5.41) is 3.98. The van der Waals surface area contributed by atoms with Crippen LogP contribution in [0, 0.1) is 0 Å². The van der Waals surface area contributed by atoms with Gasteiger partial charge >= 0.3 is 0 Å². The second kappa shape index (κ2) is 7.31. The summed E-state index contributed by atoms with van der Waals surface area (Å²) in [6.07, 6.45) is 0. The van der Waals surface area contributed by atoms with E-state index >= 15 is 0 Å². The summed E-state index contributed by atoms with van der Waals surface area (Å²) in [7, 11) is 6.73. The van der Waals surface area contributed by atoms with Crippen molar-refractivity contribution < 1.29 is 18.9 Å². The number of rotatable bonds is 5. The van der Waals surface area contributed by atoms with Crippen LogP contribution in [-0.2, 0) is 0 Å². The lowest BCUT2D eigenvalue weighted by Gasteiger charge is -2.18. The van der Waals surface area contributed by atoms with Gasteiger partial charge in [-0.1, -0.05) is 36.4 Å². The lowest BCUT2D eigenvalue weighted by Crippen LogP contribution is -1.96. The van der Waals surface area contributed by atoms with Crippen molar-refractivity contribution in [2.45, 2.75) is 0 Å². The van der Waals surface area contributed by atoms with Gasteiger partial charge in [-0.25, -0.2) is 0 Å². The Bertz CT molecular complexity index is 1160. The molecule has 4 heteroatoms. The van der Waals surface area contributed by atoms with E-state index in [1.54, 1.807) is 28.4 Å². The molecular weight excluding hydrogens is 352 g/mol. The van der Waals surface area contributed by atoms with Crippen molar-refractivity contribution in [1.29, 1.82) is 0 Å². The Labute approximate surface area is 164 Å². The molecule has 0 saturated heterocycles. The van der Waals surface area contributed by atoms with E-state index in [0.717, 1.165) is 55.7 Å². The molecule has 0 spiro atoms. The second-order valence-corrected chi connectivity index (χ2v) is 6.41. The smallest absolute Gasteiger partial charge is 0.134 e. The van der Waals surface area contributed by atoms with Gasteiger partial charge in [0.25, 0.3) is 0 Å². The van der Waals surface area contributed by atoms with E-state index < -0.39 is 0 Å². The molecule has 28 heavy (non-hydrogen) atoms. The molecule has 0 amide bonds. The Morgan fingerprint density at radius 2 is 1.04 bits per heavy atom. The van der Waals surface area contributed by atoms with Crippen molar-refractivity contribution in [3.05, 3.63) is 60.7 Å². The molecule has 0 fully saturated rings. The average molecular weight is 374 g/mol. The van der Waals surface area contributed by atoms with Crippen LogP contribution in [0.1, 0.15) is 0 Å². The largest absolute Gasteiger partial charge is 0.496 e. The van der Waals surface area contributed by atoms with Gasteiger partial charge in [0.2, 0.25) is 0 Å². The van der Waals surface area contributed by atoms with Crippen LogP contribution in [0.4, 0.5) is 0 Å². The van der Waals surface area contributed by atoms with Gasteiger partial charge in [-0.2, -0.15) is 0 Å². The maximum Gasteiger partial charge on any atom is 0.134 e. The van der Waals surface area contributed by atoms with E-state index in [9.17, 15) is 0 Å².